The van der Waals surface area contributed by atoms with Crippen molar-refractivity contribution >= 4 is 23.4 Å². The van der Waals surface area contributed by atoms with E-state index in [9.17, 15) is 14.4 Å². The molecule has 5 rings (SSSR count). The third-order valence-corrected chi connectivity index (χ3v) is 9.25. The summed E-state index contributed by atoms with van der Waals surface area (Å²) in [6.07, 6.45) is 7.15. The molecule has 1 aromatic rings. The minimum Gasteiger partial charge on any atom is -0.359 e. The average Bonchev–Trinajstić information content (AvgIpc) is 3.49. The minimum atomic E-state index is -1.12. The number of carbonyl (C=O) groups excluding carboxylic acids is 3. The number of anilines is 1. The lowest BCUT2D eigenvalue weighted by molar-refractivity contribution is -0.144. The standard InChI is InChI=1S/C29H39N3O4/c1-6-18(4)32-25(27(34)31-21-12-8-10-17(3)19(21)5)29-14-13-22(36-29)23(24(29)28(32)35)26(33)30-20-11-7-9-16(2)15-20/h7,9,11,13-15,17-19,21-25H,6,8,10,12H2,1-5H3,(H,30,33)(H,31,34)/t17-,18+,19-,21-,22-,23-,24-,25+,29+/m1/s1. The first kappa shape index (κ1) is 25.0. The summed E-state index contributed by atoms with van der Waals surface area (Å²) in [5.74, 6) is -1.05. The van der Waals surface area contributed by atoms with Crippen LogP contribution in [0.1, 0.15) is 58.9 Å². The maximum atomic E-state index is 14.0. The smallest absolute Gasteiger partial charge is 0.246 e. The van der Waals surface area contributed by atoms with Gasteiger partial charge in [0.2, 0.25) is 17.7 Å². The largest absolute Gasteiger partial charge is 0.359 e. The van der Waals surface area contributed by atoms with Gasteiger partial charge in [-0.25, -0.2) is 0 Å². The van der Waals surface area contributed by atoms with E-state index in [0.29, 0.717) is 23.9 Å². The Morgan fingerprint density at radius 3 is 2.72 bits per heavy atom. The normalized spacial score (nSPS) is 37.6. The fourth-order valence-electron chi connectivity index (χ4n) is 6.87. The molecule has 7 heteroatoms. The van der Waals surface area contributed by atoms with Gasteiger partial charge in [0.15, 0.2) is 0 Å². The van der Waals surface area contributed by atoms with Crippen LogP contribution in [0.4, 0.5) is 5.69 Å². The van der Waals surface area contributed by atoms with E-state index in [1.54, 1.807) is 4.90 Å². The molecule has 1 aliphatic carbocycles. The van der Waals surface area contributed by atoms with Crippen LogP contribution in [-0.4, -0.2) is 52.5 Å². The summed E-state index contributed by atoms with van der Waals surface area (Å²) in [5, 5.41) is 6.30. The fourth-order valence-corrected chi connectivity index (χ4v) is 6.87. The molecule has 3 heterocycles. The van der Waals surface area contributed by atoms with E-state index < -0.39 is 29.6 Å². The van der Waals surface area contributed by atoms with Crippen molar-refractivity contribution in [2.75, 3.05) is 5.32 Å². The molecule has 3 amide bonds. The number of ether oxygens (including phenoxy) is 1. The second kappa shape index (κ2) is 9.33. The van der Waals surface area contributed by atoms with Gasteiger partial charge in [-0.3, -0.25) is 14.4 Å². The third-order valence-electron chi connectivity index (χ3n) is 9.25. The number of rotatable bonds is 6. The highest BCUT2D eigenvalue weighted by Gasteiger charge is 2.73. The van der Waals surface area contributed by atoms with Crippen LogP contribution in [0.3, 0.4) is 0 Å². The van der Waals surface area contributed by atoms with Crippen LogP contribution < -0.4 is 10.6 Å². The second-order valence-corrected chi connectivity index (χ2v) is 11.4. The monoisotopic (exact) mass is 493 g/mol. The number of nitrogens with zero attached hydrogens (tertiary/aromatic N) is 1. The zero-order valence-electron chi connectivity index (χ0n) is 22.0. The van der Waals surface area contributed by atoms with Crippen LogP contribution in [0.2, 0.25) is 0 Å². The van der Waals surface area contributed by atoms with E-state index in [4.69, 9.17) is 4.74 Å². The van der Waals surface area contributed by atoms with Gasteiger partial charge in [-0.15, -0.1) is 0 Å². The van der Waals surface area contributed by atoms with Crippen LogP contribution in [0.15, 0.2) is 36.4 Å². The Kier molecular flexibility index (Phi) is 6.48. The molecule has 3 fully saturated rings. The number of hydrogen-bond donors (Lipinski definition) is 2. The predicted molar refractivity (Wildman–Crippen MR) is 138 cm³/mol. The Balaban J connectivity index is 1.45. The molecule has 1 aromatic carbocycles. The number of fused-ring (bicyclic) bond motifs is 1. The third kappa shape index (κ3) is 3.87. The quantitative estimate of drug-likeness (QED) is 0.590. The molecular weight excluding hydrogens is 454 g/mol. The molecule has 194 valence electrons. The van der Waals surface area contributed by atoms with E-state index in [1.807, 2.05) is 57.2 Å². The first-order chi connectivity index (χ1) is 17.2. The molecule has 1 spiro atoms. The van der Waals surface area contributed by atoms with Crippen molar-refractivity contribution in [2.24, 2.45) is 23.7 Å². The highest BCUT2D eigenvalue weighted by molar-refractivity contribution is 6.03. The van der Waals surface area contributed by atoms with Crippen LogP contribution in [0.5, 0.6) is 0 Å². The Morgan fingerprint density at radius 1 is 1.22 bits per heavy atom. The first-order valence-corrected chi connectivity index (χ1v) is 13.5. The van der Waals surface area contributed by atoms with Gasteiger partial charge in [-0.1, -0.05) is 57.9 Å². The molecule has 3 aliphatic heterocycles. The van der Waals surface area contributed by atoms with Gasteiger partial charge in [-0.05, 0) is 56.2 Å². The lowest BCUT2D eigenvalue weighted by atomic mass is 9.73. The van der Waals surface area contributed by atoms with Crippen molar-refractivity contribution in [3.63, 3.8) is 0 Å². The summed E-state index contributed by atoms with van der Waals surface area (Å²) in [6, 6.07) is 6.75. The van der Waals surface area contributed by atoms with Crippen LogP contribution >= 0.6 is 0 Å². The molecule has 36 heavy (non-hydrogen) atoms. The Hall–Kier alpha value is -2.67. The van der Waals surface area contributed by atoms with Gasteiger partial charge >= 0.3 is 0 Å². The molecular formula is C29H39N3O4. The first-order valence-electron chi connectivity index (χ1n) is 13.5. The van der Waals surface area contributed by atoms with E-state index >= 15 is 0 Å². The van der Waals surface area contributed by atoms with Gasteiger partial charge in [-0.2, -0.15) is 0 Å². The van der Waals surface area contributed by atoms with Crippen molar-refractivity contribution in [1.82, 2.24) is 10.2 Å². The summed E-state index contributed by atoms with van der Waals surface area (Å²) in [5.41, 5.74) is 0.615. The predicted octanol–water partition coefficient (Wildman–Crippen LogP) is 3.82. The van der Waals surface area contributed by atoms with E-state index in [0.717, 1.165) is 18.4 Å². The van der Waals surface area contributed by atoms with Crippen LogP contribution in [0, 0.1) is 30.6 Å². The van der Waals surface area contributed by atoms with E-state index in [1.165, 1.54) is 6.42 Å². The number of aryl methyl sites for hydroxylation is 1. The number of hydrogen-bond acceptors (Lipinski definition) is 4. The van der Waals surface area contributed by atoms with E-state index in [2.05, 4.69) is 24.5 Å². The van der Waals surface area contributed by atoms with Crippen molar-refractivity contribution < 1.29 is 19.1 Å². The van der Waals surface area contributed by atoms with Crippen LogP contribution in [0.25, 0.3) is 0 Å². The molecule has 0 unspecified atom stereocenters. The van der Waals surface area contributed by atoms with E-state index in [-0.39, 0.29) is 29.8 Å². The van der Waals surface area contributed by atoms with Gasteiger partial charge in [0.25, 0.3) is 0 Å². The number of likely N-dealkylation sites (tertiary alicyclic amines) is 1. The number of carbonyl (C=O) groups is 3. The zero-order valence-corrected chi connectivity index (χ0v) is 22.0. The van der Waals surface area contributed by atoms with Gasteiger partial charge in [0.05, 0.1) is 17.9 Å². The van der Waals surface area contributed by atoms with Crippen molar-refractivity contribution in [1.29, 1.82) is 0 Å². The number of amides is 3. The minimum absolute atomic E-state index is 0.0774. The summed E-state index contributed by atoms with van der Waals surface area (Å²) < 4.78 is 6.45. The number of nitrogens with one attached hydrogen (secondary N) is 2. The van der Waals surface area contributed by atoms with Gasteiger partial charge in [0.1, 0.15) is 11.6 Å². The molecule has 0 aromatic heterocycles. The topological polar surface area (TPSA) is 87.7 Å². The lowest BCUT2D eigenvalue weighted by Gasteiger charge is -2.39. The van der Waals surface area contributed by atoms with Gasteiger partial charge in [0, 0.05) is 17.8 Å². The summed E-state index contributed by atoms with van der Waals surface area (Å²) in [7, 11) is 0. The summed E-state index contributed by atoms with van der Waals surface area (Å²) in [4.78, 5) is 43.1. The number of benzene rings is 1. The Labute approximate surface area is 214 Å². The molecule has 2 saturated heterocycles. The summed E-state index contributed by atoms with van der Waals surface area (Å²) in [6.45, 7) is 10.4. The molecule has 9 atom stereocenters. The fraction of sp³-hybridized carbons (Fsp3) is 0.621. The molecule has 0 radical (unpaired) electrons. The zero-order chi connectivity index (χ0) is 25.8. The van der Waals surface area contributed by atoms with Gasteiger partial charge < -0.3 is 20.3 Å². The maximum Gasteiger partial charge on any atom is 0.246 e. The Morgan fingerprint density at radius 2 is 2.00 bits per heavy atom. The summed E-state index contributed by atoms with van der Waals surface area (Å²) >= 11 is 0. The second-order valence-electron chi connectivity index (χ2n) is 11.4. The Bertz CT molecular complexity index is 1090. The SMILES string of the molecule is CC[C@H](C)N1C(=O)[C@H]2[C@H](C(=O)Nc3cccc(C)c3)[C@H]3C=C[C@@]2(O3)[C@@H]1C(=O)N[C@@H]1CCC[C@@H](C)[C@H]1C. The molecule has 1 saturated carbocycles. The molecule has 7 nitrogen and oxygen atoms in total. The lowest BCUT2D eigenvalue weighted by Crippen LogP contribution is -2.59. The van der Waals surface area contributed by atoms with Crippen molar-refractivity contribution in [2.45, 2.75) is 90.1 Å². The average molecular weight is 494 g/mol. The highest BCUT2D eigenvalue weighted by atomic mass is 16.5. The highest BCUT2D eigenvalue weighted by Crippen LogP contribution is 2.56. The molecule has 2 bridgehead atoms. The maximum absolute atomic E-state index is 14.0. The van der Waals surface area contributed by atoms with Crippen molar-refractivity contribution in [3.8, 4) is 0 Å². The molecule has 4 aliphatic rings. The van der Waals surface area contributed by atoms with Crippen LogP contribution in [-0.2, 0) is 19.1 Å². The van der Waals surface area contributed by atoms with Crippen molar-refractivity contribution in [3.05, 3.63) is 42.0 Å². The molecule has 2 N–H and O–H groups in total.